The Hall–Kier alpha value is -2.62. The molecule has 0 unspecified atom stereocenters. The van der Waals surface area contributed by atoms with Crippen LogP contribution in [0, 0.1) is 5.82 Å². The number of rotatable bonds is 3. The van der Waals surface area contributed by atoms with Gasteiger partial charge in [0, 0.05) is 0 Å². The van der Waals surface area contributed by atoms with Gasteiger partial charge in [0.25, 0.3) is 0 Å². The van der Waals surface area contributed by atoms with Crippen molar-refractivity contribution in [3.63, 3.8) is 0 Å². The Labute approximate surface area is 203 Å². The predicted molar refractivity (Wildman–Crippen MR) is 105 cm³/mol. The molecule has 1 aromatic carbocycles. The molecule has 0 saturated carbocycles. The average molecular weight is 663 g/mol. The number of nitrogens with one attached hydrogen (secondary N) is 4. The summed E-state index contributed by atoms with van der Waals surface area (Å²) in [5.74, 6) is -0.777. The Bertz CT molecular complexity index is 1230. The number of fused-ring (bicyclic) bond motifs is 4. The molecule has 5 rings (SSSR count). The number of ether oxygens (including phenoxy) is 1. The van der Waals surface area contributed by atoms with E-state index in [1.54, 1.807) is 30.6 Å². The Kier molecular flexibility index (Phi) is 5.79. The van der Waals surface area contributed by atoms with E-state index in [0.717, 1.165) is 5.56 Å². The molecule has 3 aromatic rings. The SMILES string of the molecule is COc1c(F)cccc1Nc1c2[nH]c3c1C(=O)N[C@H](C3)[I-]C(=O)O[I-]Nc1cnccc1-2. The number of hydrogen-bond acceptors (Lipinski definition) is 7. The third-order valence-electron chi connectivity index (χ3n) is 4.96. The number of aromatic amines is 1. The zero-order valence-corrected chi connectivity index (χ0v) is 20.8. The van der Waals surface area contributed by atoms with E-state index in [2.05, 4.69) is 24.1 Å². The van der Waals surface area contributed by atoms with Crippen molar-refractivity contribution in [3.05, 3.63) is 53.7 Å². The van der Waals surface area contributed by atoms with E-state index in [-0.39, 0.29) is 19.7 Å². The summed E-state index contributed by atoms with van der Waals surface area (Å²) < 4.78 is 27.6. The molecule has 2 aliphatic rings. The maximum atomic E-state index is 14.3. The zero-order valence-electron chi connectivity index (χ0n) is 16.5. The minimum absolute atomic E-state index is 0.0456. The van der Waals surface area contributed by atoms with Crippen molar-refractivity contribution in [1.82, 2.24) is 15.3 Å². The summed E-state index contributed by atoms with van der Waals surface area (Å²) >= 11 is -2.16. The van der Waals surface area contributed by atoms with Crippen molar-refractivity contribution in [3.8, 4) is 17.0 Å². The van der Waals surface area contributed by atoms with Crippen LogP contribution in [0.2, 0.25) is 0 Å². The molecule has 0 spiro atoms. The summed E-state index contributed by atoms with van der Waals surface area (Å²) in [7, 11) is 1.39. The van der Waals surface area contributed by atoms with Gasteiger partial charge in [-0.3, -0.25) is 0 Å². The van der Waals surface area contributed by atoms with Crippen molar-refractivity contribution in [2.75, 3.05) is 16.0 Å². The van der Waals surface area contributed by atoms with Crippen LogP contribution in [0.25, 0.3) is 11.3 Å². The molecule has 12 heteroatoms. The Morgan fingerprint density at radius 1 is 1.31 bits per heavy atom. The summed E-state index contributed by atoms with van der Waals surface area (Å²) in [6.07, 6.45) is 3.75. The third kappa shape index (κ3) is 3.85. The summed E-state index contributed by atoms with van der Waals surface area (Å²) in [4.78, 5) is 32.9. The minimum atomic E-state index is -1.10. The van der Waals surface area contributed by atoms with Crippen LogP contribution in [0.1, 0.15) is 16.1 Å². The van der Waals surface area contributed by atoms with Crippen LogP contribution >= 0.6 is 0 Å². The first-order valence-corrected chi connectivity index (χ1v) is 13.7. The van der Waals surface area contributed by atoms with E-state index < -0.39 is 48.9 Å². The van der Waals surface area contributed by atoms with Gasteiger partial charge in [-0.05, 0) is 0 Å². The van der Waals surface area contributed by atoms with Gasteiger partial charge in [0.2, 0.25) is 0 Å². The molecule has 4 heterocycles. The fourth-order valence-corrected chi connectivity index (χ4v) is 7.61. The number of methoxy groups -OCH3 is 1. The average Bonchev–Trinajstić information content (AvgIpc) is 3.12. The topological polar surface area (TPSA) is 117 Å². The van der Waals surface area contributed by atoms with E-state index in [1.165, 1.54) is 13.2 Å². The fourth-order valence-electron chi connectivity index (χ4n) is 3.65. The Morgan fingerprint density at radius 3 is 3.03 bits per heavy atom. The molecule has 0 fully saturated rings. The molecular weight excluding hydrogens is 647 g/mol. The van der Waals surface area contributed by atoms with Gasteiger partial charge in [0.05, 0.1) is 0 Å². The second-order valence-corrected chi connectivity index (χ2v) is 11.3. The first-order valence-electron chi connectivity index (χ1n) is 9.39. The first kappa shape index (κ1) is 21.2. The van der Waals surface area contributed by atoms with Crippen LogP contribution in [0.15, 0.2) is 36.7 Å². The predicted octanol–water partition coefficient (Wildman–Crippen LogP) is -2.85. The summed E-state index contributed by atoms with van der Waals surface area (Å²) in [5, 5.41) is 6.14. The normalized spacial score (nSPS) is 17.8. The van der Waals surface area contributed by atoms with Crippen LogP contribution in [0.5, 0.6) is 5.75 Å². The standard InChI is InChI=1S/C20H16FI2N5O4/c1-31-18-10(21)3-2-4-11(18)25-17-15-12-7-14(27-19(15)29)22-20(30)32-23-28-13-8-24-6-5-9(13)16(17)26-12/h2-6,8,14,25-26,28H,7H2,1H3,(H,27,29)/q-2/t14-/m1/s1. The van der Waals surface area contributed by atoms with Gasteiger partial charge in [-0.15, -0.1) is 0 Å². The van der Waals surface area contributed by atoms with Crippen LogP contribution < -0.4 is 62.0 Å². The summed E-state index contributed by atoms with van der Waals surface area (Å²) in [5.41, 5.74) is 4.07. The van der Waals surface area contributed by atoms with E-state index in [4.69, 9.17) is 7.80 Å². The van der Waals surface area contributed by atoms with Crippen molar-refractivity contribution in [1.29, 1.82) is 0 Å². The number of amides is 1. The van der Waals surface area contributed by atoms with Gasteiger partial charge in [0.1, 0.15) is 0 Å². The van der Waals surface area contributed by atoms with Crippen molar-refractivity contribution in [2.24, 2.45) is 0 Å². The number of carbonyl (C=O) groups is 2. The van der Waals surface area contributed by atoms with Crippen LogP contribution in [-0.4, -0.2) is 31.0 Å². The molecular formula is C20H16FI2N5O4-2. The monoisotopic (exact) mass is 663 g/mol. The van der Waals surface area contributed by atoms with Gasteiger partial charge in [-0.25, -0.2) is 0 Å². The second kappa shape index (κ2) is 8.73. The molecule has 1 amide bonds. The molecule has 1 atom stereocenters. The number of benzene rings is 1. The van der Waals surface area contributed by atoms with Gasteiger partial charge in [-0.1, -0.05) is 0 Å². The van der Waals surface area contributed by atoms with Crippen molar-refractivity contribution in [2.45, 2.75) is 10.5 Å². The van der Waals surface area contributed by atoms with E-state index >= 15 is 0 Å². The number of anilines is 3. The van der Waals surface area contributed by atoms with Crippen molar-refractivity contribution >= 4 is 26.9 Å². The number of pyridine rings is 1. The molecule has 9 nitrogen and oxygen atoms in total. The number of H-pyrrole nitrogens is 1. The summed E-state index contributed by atoms with van der Waals surface area (Å²) in [6.45, 7) is 0. The molecule has 32 heavy (non-hydrogen) atoms. The van der Waals surface area contributed by atoms with Crippen molar-refractivity contribution < 1.29 is 64.9 Å². The zero-order chi connectivity index (χ0) is 22.2. The Morgan fingerprint density at radius 2 is 2.19 bits per heavy atom. The molecule has 0 radical (unpaired) electrons. The number of aromatic nitrogens is 2. The summed E-state index contributed by atoms with van der Waals surface area (Å²) in [6, 6.07) is 6.35. The Balaban J connectivity index is 1.71. The fraction of sp³-hybridized carbons (Fsp3) is 0.150. The first-order chi connectivity index (χ1) is 15.5. The van der Waals surface area contributed by atoms with Gasteiger partial charge in [0.15, 0.2) is 0 Å². The third-order valence-corrected chi connectivity index (χ3v) is 9.45. The van der Waals surface area contributed by atoms with Crippen LogP contribution in [0.3, 0.4) is 0 Å². The number of para-hydroxylation sites is 1. The van der Waals surface area contributed by atoms with E-state index in [1.807, 2.05) is 0 Å². The molecule has 2 aliphatic heterocycles. The molecule has 0 aliphatic carbocycles. The van der Waals surface area contributed by atoms with Gasteiger partial charge >= 0.3 is 204 Å². The maximum absolute atomic E-state index is 14.3. The number of hydrogen-bond donors (Lipinski definition) is 4. The number of halogens is 3. The quantitative estimate of drug-likeness (QED) is 0.0785. The van der Waals surface area contributed by atoms with E-state index in [0.29, 0.717) is 40.4 Å². The molecule has 3 bridgehead atoms. The number of alkyl halides is 1. The molecule has 2 aromatic heterocycles. The van der Waals surface area contributed by atoms with Crippen LogP contribution in [0.4, 0.5) is 26.2 Å². The van der Waals surface area contributed by atoms with Gasteiger partial charge < -0.3 is 0 Å². The molecule has 168 valence electrons. The number of carbonyl (C=O) groups excluding carboxylic acids is 2. The van der Waals surface area contributed by atoms with Gasteiger partial charge in [-0.2, -0.15) is 0 Å². The number of nitrogens with zero attached hydrogens (tertiary/aromatic N) is 1. The molecule has 4 N–H and O–H groups in total. The molecule has 0 saturated heterocycles. The van der Waals surface area contributed by atoms with E-state index in [9.17, 15) is 14.0 Å². The van der Waals surface area contributed by atoms with Crippen LogP contribution in [-0.2, 0) is 9.49 Å². The second-order valence-electron chi connectivity index (χ2n) is 6.84.